The van der Waals surface area contributed by atoms with Crippen molar-refractivity contribution in [2.45, 2.75) is 24.3 Å². The quantitative estimate of drug-likeness (QED) is 0.825. The average Bonchev–Trinajstić information content (AvgIpc) is 2.89. The summed E-state index contributed by atoms with van der Waals surface area (Å²) >= 11 is 7.36. The highest BCUT2D eigenvalue weighted by atomic mass is 35.5. The molecule has 8 heteroatoms. The number of hydrogen-bond acceptors (Lipinski definition) is 5. The van der Waals surface area contributed by atoms with E-state index in [9.17, 15) is 8.42 Å². The lowest BCUT2D eigenvalue weighted by molar-refractivity contribution is 0.549. The van der Waals surface area contributed by atoms with Gasteiger partial charge in [0.1, 0.15) is 9.90 Å². The largest absolute Gasteiger partial charge is 0.399 e. The van der Waals surface area contributed by atoms with E-state index in [0.717, 1.165) is 5.01 Å². The van der Waals surface area contributed by atoms with Gasteiger partial charge in [-0.05, 0) is 24.6 Å². The van der Waals surface area contributed by atoms with Gasteiger partial charge in [0, 0.05) is 17.3 Å². The number of hydrogen-bond donors (Lipinski definition) is 2. The van der Waals surface area contributed by atoms with Crippen LogP contribution in [0.3, 0.4) is 0 Å². The molecule has 3 N–H and O–H groups in total. The van der Waals surface area contributed by atoms with Crippen LogP contribution < -0.4 is 10.5 Å². The van der Waals surface area contributed by atoms with Gasteiger partial charge in [-0.2, -0.15) is 0 Å². The van der Waals surface area contributed by atoms with E-state index in [1.54, 1.807) is 6.20 Å². The number of aromatic nitrogens is 1. The molecule has 1 aromatic carbocycles. The second-order valence-corrected chi connectivity index (χ2v) is 7.16. The summed E-state index contributed by atoms with van der Waals surface area (Å²) in [5, 5.41) is 2.64. The Hall–Kier alpha value is -1.15. The normalized spacial score (nSPS) is 13.3. The van der Waals surface area contributed by atoms with Crippen LogP contribution >= 0.6 is 22.9 Å². The zero-order chi connectivity index (χ0) is 14.8. The molecule has 1 unspecified atom stereocenters. The van der Waals surface area contributed by atoms with Crippen LogP contribution in [0.25, 0.3) is 0 Å². The number of rotatable bonds is 5. The van der Waals surface area contributed by atoms with Crippen LogP contribution in [0.4, 0.5) is 5.69 Å². The minimum absolute atomic E-state index is 0.0170. The molecule has 0 amide bonds. The van der Waals surface area contributed by atoms with Gasteiger partial charge in [0.25, 0.3) is 0 Å². The number of nitrogens with one attached hydrogen (secondary N) is 1. The lowest BCUT2D eigenvalue weighted by atomic mass is 10.3. The Morgan fingerprint density at radius 3 is 2.80 bits per heavy atom. The third kappa shape index (κ3) is 3.29. The van der Waals surface area contributed by atoms with Crippen LogP contribution in [-0.4, -0.2) is 13.4 Å². The second kappa shape index (κ2) is 6.09. The van der Waals surface area contributed by atoms with E-state index in [1.807, 2.05) is 12.3 Å². The maximum atomic E-state index is 12.4. The third-order valence-electron chi connectivity index (χ3n) is 2.70. The molecule has 0 aliphatic carbocycles. The van der Waals surface area contributed by atoms with Crippen LogP contribution in [0.5, 0.6) is 0 Å². The molecule has 0 fully saturated rings. The Labute approximate surface area is 126 Å². The van der Waals surface area contributed by atoms with Crippen molar-refractivity contribution in [2.24, 2.45) is 0 Å². The van der Waals surface area contributed by atoms with Crippen molar-refractivity contribution in [2.75, 3.05) is 5.73 Å². The lowest BCUT2D eigenvalue weighted by Gasteiger charge is -2.15. The van der Waals surface area contributed by atoms with Crippen molar-refractivity contribution in [3.05, 3.63) is 39.8 Å². The molecule has 0 saturated heterocycles. The van der Waals surface area contributed by atoms with Crippen LogP contribution in [0, 0.1) is 0 Å². The Kier molecular flexibility index (Phi) is 4.64. The number of benzene rings is 1. The molecule has 1 atom stereocenters. The van der Waals surface area contributed by atoms with Gasteiger partial charge in [-0.3, -0.25) is 0 Å². The fraction of sp³-hybridized carbons (Fsp3) is 0.250. The molecule has 0 aliphatic heterocycles. The summed E-state index contributed by atoms with van der Waals surface area (Å²) in [6, 6.07) is 3.95. The number of nitrogen functional groups attached to an aromatic ring is 1. The van der Waals surface area contributed by atoms with E-state index in [4.69, 9.17) is 17.3 Å². The number of halogens is 1. The molecule has 0 radical (unpaired) electrons. The summed E-state index contributed by atoms with van der Waals surface area (Å²) < 4.78 is 27.4. The first-order valence-electron chi connectivity index (χ1n) is 5.90. The number of sulfonamides is 1. The van der Waals surface area contributed by atoms with E-state index in [1.165, 1.54) is 29.5 Å². The minimum Gasteiger partial charge on any atom is -0.399 e. The molecule has 20 heavy (non-hydrogen) atoms. The van der Waals surface area contributed by atoms with E-state index >= 15 is 0 Å². The van der Waals surface area contributed by atoms with E-state index in [0.29, 0.717) is 12.1 Å². The highest BCUT2D eigenvalue weighted by Crippen LogP contribution is 2.27. The first-order valence-corrected chi connectivity index (χ1v) is 8.65. The number of nitrogens with zero attached hydrogens (tertiary/aromatic N) is 1. The van der Waals surface area contributed by atoms with Crippen LogP contribution in [0.2, 0.25) is 5.02 Å². The predicted octanol–water partition coefficient (Wildman–Crippen LogP) is 2.81. The summed E-state index contributed by atoms with van der Waals surface area (Å²) in [7, 11) is -3.72. The first kappa shape index (κ1) is 15.2. The maximum absolute atomic E-state index is 12.4. The number of anilines is 1. The predicted molar refractivity (Wildman–Crippen MR) is 81.3 cm³/mol. The molecule has 2 rings (SSSR count). The van der Waals surface area contributed by atoms with Crippen molar-refractivity contribution < 1.29 is 8.42 Å². The Bertz CT molecular complexity index is 687. The SMILES string of the molecule is CCC(NS(=O)(=O)c1ccc(N)cc1Cl)c1nccs1. The van der Waals surface area contributed by atoms with Gasteiger partial charge < -0.3 is 5.73 Å². The van der Waals surface area contributed by atoms with Gasteiger partial charge >= 0.3 is 0 Å². The average molecular weight is 332 g/mol. The molecule has 0 aliphatic rings. The molecule has 2 aromatic rings. The summed E-state index contributed by atoms with van der Waals surface area (Å²) in [6.07, 6.45) is 2.24. The highest BCUT2D eigenvalue weighted by molar-refractivity contribution is 7.89. The topological polar surface area (TPSA) is 85.1 Å². The molecule has 0 saturated carbocycles. The summed E-state index contributed by atoms with van der Waals surface area (Å²) in [5.41, 5.74) is 5.98. The zero-order valence-corrected chi connectivity index (χ0v) is 13.1. The van der Waals surface area contributed by atoms with Gasteiger partial charge in [0.15, 0.2) is 0 Å². The van der Waals surface area contributed by atoms with Gasteiger partial charge in [-0.25, -0.2) is 18.1 Å². The van der Waals surface area contributed by atoms with Crippen molar-refractivity contribution in [3.8, 4) is 0 Å². The number of thiazole rings is 1. The van der Waals surface area contributed by atoms with Crippen molar-refractivity contribution in [1.29, 1.82) is 0 Å². The van der Waals surface area contributed by atoms with Gasteiger partial charge in [-0.1, -0.05) is 18.5 Å². The fourth-order valence-corrected chi connectivity index (χ4v) is 4.38. The Morgan fingerprint density at radius 2 is 2.25 bits per heavy atom. The highest BCUT2D eigenvalue weighted by Gasteiger charge is 2.23. The van der Waals surface area contributed by atoms with Crippen LogP contribution in [0.15, 0.2) is 34.7 Å². The van der Waals surface area contributed by atoms with Gasteiger partial charge in [-0.15, -0.1) is 11.3 Å². The summed E-state index contributed by atoms with van der Waals surface area (Å²) in [6.45, 7) is 1.89. The van der Waals surface area contributed by atoms with E-state index in [-0.39, 0.29) is 16.0 Å². The lowest BCUT2D eigenvalue weighted by Crippen LogP contribution is -2.28. The number of nitrogens with two attached hydrogens (primary N) is 1. The monoisotopic (exact) mass is 331 g/mol. The van der Waals surface area contributed by atoms with Crippen molar-refractivity contribution >= 4 is 38.6 Å². The van der Waals surface area contributed by atoms with Crippen molar-refractivity contribution in [3.63, 3.8) is 0 Å². The first-order chi connectivity index (χ1) is 9.44. The summed E-state index contributed by atoms with van der Waals surface area (Å²) in [5.74, 6) is 0. The molecule has 0 bridgehead atoms. The van der Waals surface area contributed by atoms with Gasteiger partial charge in [0.2, 0.25) is 10.0 Å². The van der Waals surface area contributed by atoms with E-state index in [2.05, 4.69) is 9.71 Å². The van der Waals surface area contributed by atoms with Crippen LogP contribution in [0.1, 0.15) is 24.4 Å². The molecule has 1 heterocycles. The molecule has 108 valence electrons. The molecular formula is C12H14ClN3O2S2. The standard InChI is InChI=1S/C12H14ClN3O2S2/c1-2-10(12-15-5-6-19-12)16-20(17,18)11-4-3-8(14)7-9(11)13/h3-7,10,16H,2,14H2,1H3. The Morgan fingerprint density at radius 1 is 1.50 bits per heavy atom. The summed E-state index contributed by atoms with van der Waals surface area (Å²) in [4.78, 5) is 4.16. The molecule has 0 spiro atoms. The molecule has 5 nitrogen and oxygen atoms in total. The molecule has 1 aromatic heterocycles. The van der Waals surface area contributed by atoms with Gasteiger partial charge in [0.05, 0.1) is 11.1 Å². The maximum Gasteiger partial charge on any atom is 0.242 e. The third-order valence-corrected chi connectivity index (χ3v) is 5.54. The minimum atomic E-state index is -3.72. The zero-order valence-electron chi connectivity index (χ0n) is 10.7. The smallest absolute Gasteiger partial charge is 0.242 e. The van der Waals surface area contributed by atoms with E-state index < -0.39 is 10.0 Å². The second-order valence-electron chi connectivity index (χ2n) is 4.14. The van der Waals surface area contributed by atoms with Crippen LogP contribution in [-0.2, 0) is 10.0 Å². The van der Waals surface area contributed by atoms with Crippen molar-refractivity contribution in [1.82, 2.24) is 9.71 Å². The molecular weight excluding hydrogens is 318 g/mol. The Balaban J connectivity index is 2.31. The fourth-order valence-electron chi connectivity index (χ4n) is 1.70.